The van der Waals surface area contributed by atoms with E-state index >= 15 is 0 Å². The minimum Gasteiger partial charge on any atom is -0.482 e. The number of hydrogen-bond donors (Lipinski definition) is 2. The molecular weight excluding hydrogens is 407 g/mol. The molecule has 6 heteroatoms. The van der Waals surface area contributed by atoms with E-state index in [2.05, 4.69) is 10.3 Å². The van der Waals surface area contributed by atoms with Crippen molar-refractivity contribution < 1.29 is 19.0 Å². The predicted molar refractivity (Wildman–Crippen MR) is 124 cm³/mol. The molecule has 0 saturated heterocycles. The first-order valence-electron chi connectivity index (χ1n) is 10.1. The summed E-state index contributed by atoms with van der Waals surface area (Å²) in [4.78, 5) is 15.3. The molecule has 1 heterocycles. The van der Waals surface area contributed by atoms with Crippen molar-refractivity contribution in [3.8, 4) is 5.75 Å². The molecule has 0 spiro atoms. The number of ether oxygens (including phenoxy) is 1. The number of pyridine rings is 1. The van der Waals surface area contributed by atoms with Gasteiger partial charge in [-0.1, -0.05) is 42.5 Å². The fraction of sp³-hybridized carbons (Fsp3) is 0.0769. The first kappa shape index (κ1) is 21.1. The Kier molecular flexibility index (Phi) is 6.41. The Morgan fingerprint density at radius 2 is 1.84 bits per heavy atom. The number of rotatable bonds is 8. The van der Waals surface area contributed by atoms with Crippen LogP contribution in [0.15, 0.2) is 78.9 Å². The van der Waals surface area contributed by atoms with Gasteiger partial charge in [-0.3, -0.25) is 0 Å². The van der Waals surface area contributed by atoms with Crippen molar-refractivity contribution in [2.24, 2.45) is 0 Å². The van der Waals surface area contributed by atoms with Crippen LogP contribution in [-0.2, 0) is 11.3 Å². The van der Waals surface area contributed by atoms with Gasteiger partial charge in [0.25, 0.3) is 0 Å². The van der Waals surface area contributed by atoms with Crippen molar-refractivity contribution in [2.45, 2.75) is 6.54 Å². The first-order chi connectivity index (χ1) is 15.6. The molecule has 5 nitrogen and oxygen atoms in total. The maximum Gasteiger partial charge on any atom is 0.341 e. The van der Waals surface area contributed by atoms with Crippen LogP contribution in [0.2, 0.25) is 0 Å². The Balaban J connectivity index is 1.45. The lowest BCUT2D eigenvalue weighted by Gasteiger charge is -2.12. The highest BCUT2D eigenvalue weighted by atomic mass is 19.1. The van der Waals surface area contributed by atoms with Crippen molar-refractivity contribution in [3.63, 3.8) is 0 Å². The van der Waals surface area contributed by atoms with Crippen LogP contribution in [-0.4, -0.2) is 22.7 Å². The number of halogens is 1. The third-order valence-electron chi connectivity index (χ3n) is 4.82. The zero-order chi connectivity index (χ0) is 22.3. The van der Waals surface area contributed by atoms with E-state index < -0.39 is 5.97 Å². The van der Waals surface area contributed by atoms with Gasteiger partial charge < -0.3 is 15.2 Å². The summed E-state index contributed by atoms with van der Waals surface area (Å²) >= 11 is 0. The molecule has 0 atom stereocenters. The highest BCUT2D eigenvalue weighted by Crippen LogP contribution is 2.21. The molecule has 4 aromatic rings. The second-order valence-corrected chi connectivity index (χ2v) is 7.18. The number of nitrogens with one attached hydrogen (secondary N) is 1. The summed E-state index contributed by atoms with van der Waals surface area (Å²) in [6.07, 6.45) is 3.83. The summed E-state index contributed by atoms with van der Waals surface area (Å²) in [7, 11) is 0. The molecule has 2 N–H and O–H groups in total. The van der Waals surface area contributed by atoms with Gasteiger partial charge in [-0.25, -0.2) is 14.2 Å². The van der Waals surface area contributed by atoms with E-state index in [1.807, 2.05) is 60.7 Å². The largest absolute Gasteiger partial charge is 0.482 e. The number of fused-ring (bicyclic) bond motifs is 1. The number of anilines is 1. The molecule has 32 heavy (non-hydrogen) atoms. The predicted octanol–water partition coefficient (Wildman–Crippen LogP) is 5.62. The van der Waals surface area contributed by atoms with E-state index in [9.17, 15) is 9.18 Å². The highest BCUT2D eigenvalue weighted by molar-refractivity contribution is 5.81. The summed E-state index contributed by atoms with van der Waals surface area (Å²) in [5.41, 5.74) is 4.11. The molecule has 0 bridgehead atoms. The Hall–Kier alpha value is -4.19. The number of carboxylic acids is 1. The van der Waals surface area contributed by atoms with E-state index in [-0.39, 0.29) is 12.4 Å². The Bertz CT molecular complexity index is 1290. The Morgan fingerprint density at radius 3 is 2.72 bits per heavy atom. The number of hydrogen-bond acceptors (Lipinski definition) is 4. The number of benzene rings is 3. The minimum absolute atomic E-state index is 0.306. The number of nitrogens with zero attached hydrogens (tertiary/aromatic N) is 1. The van der Waals surface area contributed by atoms with Crippen LogP contribution in [0.4, 0.5) is 10.1 Å². The van der Waals surface area contributed by atoms with Crippen LogP contribution >= 0.6 is 0 Å². The van der Waals surface area contributed by atoms with Crippen molar-refractivity contribution in [2.75, 3.05) is 11.9 Å². The fourth-order valence-corrected chi connectivity index (χ4v) is 3.26. The lowest BCUT2D eigenvalue weighted by molar-refractivity contribution is -0.139. The van der Waals surface area contributed by atoms with E-state index in [0.29, 0.717) is 17.8 Å². The molecular formula is C26H21FN2O3. The zero-order valence-corrected chi connectivity index (χ0v) is 17.2. The van der Waals surface area contributed by atoms with E-state index in [4.69, 9.17) is 9.84 Å². The van der Waals surface area contributed by atoms with E-state index in [1.165, 1.54) is 12.1 Å². The van der Waals surface area contributed by atoms with Gasteiger partial charge in [-0.2, -0.15) is 0 Å². The Labute approximate surface area is 184 Å². The second kappa shape index (κ2) is 9.75. The summed E-state index contributed by atoms with van der Waals surface area (Å²) in [6.45, 7) is 0.105. The van der Waals surface area contributed by atoms with Gasteiger partial charge in [-0.15, -0.1) is 0 Å². The summed E-state index contributed by atoms with van der Waals surface area (Å²) in [6, 6.07) is 23.6. The van der Waals surface area contributed by atoms with Gasteiger partial charge in [0.05, 0.1) is 11.2 Å². The third-order valence-corrected chi connectivity index (χ3v) is 4.82. The minimum atomic E-state index is -1.02. The third kappa shape index (κ3) is 5.49. The van der Waals surface area contributed by atoms with Gasteiger partial charge in [0.1, 0.15) is 11.6 Å². The molecule has 0 aliphatic rings. The summed E-state index contributed by atoms with van der Waals surface area (Å²) in [5.74, 6) is -0.782. The lowest BCUT2D eigenvalue weighted by atomic mass is 10.1. The molecule has 3 aromatic carbocycles. The molecule has 0 radical (unpaired) electrons. The van der Waals surface area contributed by atoms with Gasteiger partial charge >= 0.3 is 5.97 Å². The first-order valence-corrected chi connectivity index (χ1v) is 10.1. The normalized spacial score (nSPS) is 11.0. The summed E-state index contributed by atoms with van der Waals surface area (Å²) < 4.78 is 18.8. The molecule has 1 aromatic heterocycles. The standard InChI is InChI=1S/C26H21FN2O3/c27-21-11-9-19-10-13-22(29-24(19)15-21)12-8-18-4-3-6-23(14-18)28-16-20-5-1-2-7-25(20)32-17-26(30)31/h1-15,28H,16-17H2,(H,30,31)/b12-8+. The van der Waals surface area contributed by atoms with Gasteiger partial charge in [-0.05, 0) is 48.0 Å². The van der Waals surface area contributed by atoms with Crippen LogP contribution in [0.5, 0.6) is 5.75 Å². The molecule has 0 aliphatic heterocycles. The van der Waals surface area contributed by atoms with Crippen molar-refractivity contribution in [3.05, 3.63) is 102 Å². The van der Waals surface area contributed by atoms with Crippen molar-refractivity contribution in [1.82, 2.24) is 4.98 Å². The van der Waals surface area contributed by atoms with Gasteiger partial charge in [0, 0.05) is 29.2 Å². The monoisotopic (exact) mass is 428 g/mol. The fourth-order valence-electron chi connectivity index (χ4n) is 3.26. The van der Waals surface area contributed by atoms with Crippen LogP contribution in [0.1, 0.15) is 16.8 Å². The van der Waals surface area contributed by atoms with E-state index in [0.717, 1.165) is 27.9 Å². The van der Waals surface area contributed by atoms with Crippen LogP contribution < -0.4 is 10.1 Å². The molecule has 0 unspecified atom stereocenters. The maximum absolute atomic E-state index is 13.5. The van der Waals surface area contributed by atoms with Gasteiger partial charge in [0.15, 0.2) is 6.61 Å². The van der Waals surface area contributed by atoms with Crippen LogP contribution in [0.3, 0.4) is 0 Å². The van der Waals surface area contributed by atoms with E-state index in [1.54, 1.807) is 18.2 Å². The SMILES string of the molecule is O=C(O)COc1ccccc1CNc1cccc(/C=C/c2ccc3ccc(F)cc3n2)c1. The lowest BCUT2D eigenvalue weighted by Crippen LogP contribution is -2.11. The molecule has 160 valence electrons. The van der Waals surface area contributed by atoms with Crippen LogP contribution in [0.25, 0.3) is 23.1 Å². The second-order valence-electron chi connectivity index (χ2n) is 7.18. The Morgan fingerprint density at radius 1 is 1.00 bits per heavy atom. The molecule has 0 saturated carbocycles. The molecule has 0 aliphatic carbocycles. The van der Waals surface area contributed by atoms with Crippen molar-refractivity contribution in [1.29, 1.82) is 0 Å². The highest BCUT2D eigenvalue weighted by Gasteiger charge is 2.05. The van der Waals surface area contributed by atoms with Gasteiger partial charge in [0.2, 0.25) is 0 Å². The maximum atomic E-state index is 13.5. The zero-order valence-electron chi connectivity index (χ0n) is 17.2. The topological polar surface area (TPSA) is 71.5 Å². The number of aromatic nitrogens is 1. The number of para-hydroxylation sites is 1. The summed E-state index contributed by atoms with van der Waals surface area (Å²) in [5, 5.41) is 13.1. The van der Waals surface area contributed by atoms with Crippen LogP contribution in [0, 0.1) is 5.82 Å². The average Bonchev–Trinajstić information content (AvgIpc) is 2.80. The number of carbonyl (C=O) groups is 1. The van der Waals surface area contributed by atoms with Crippen molar-refractivity contribution >= 4 is 34.7 Å². The number of carboxylic acid groups (broad SMARTS) is 1. The molecule has 0 amide bonds. The quantitative estimate of drug-likeness (QED) is 0.381. The average molecular weight is 428 g/mol. The number of aliphatic carboxylic acids is 1. The smallest absolute Gasteiger partial charge is 0.341 e. The molecule has 4 rings (SSSR count). The molecule has 0 fully saturated rings.